The van der Waals surface area contributed by atoms with Crippen LogP contribution in [0.1, 0.15) is 30.1 Å². The van der Waals surface area contributed by atoms with Gasteiger partial charge in [0.15, 0.2) is 0 Å². The van der Waals surface area contributed by atoms with E-state index in [0.29, 0.717) is 12.1 Å². The molecule has 0 aliphatic rings. The molecular weight excluding hydrogens is 282 g/mol. The topological polar surface area (TPSA) is 40.5 Å². The molecule has 3 nitrogen and oxygen atoms in total. The van der Waals surface area contributed by atoms with Gasteiger partial charge in [0.2, 0.25) is 0 Å². The first kappa shape index (κ1) is 14.0. The molecule has 0 spiro atoms. The summed E-state index contributed by atoms with van der Waals surface area (Å²) in [6.45, 7) is 3.55. The Bertz CT molecular complexity index is 368. The van der Waals surface area contributed by atoms with Gasteiger partial charge in [-0.2, -0.15) is 0 Å². The quantitative estimate of drug-likeness (QED) is 0.820. The third-order valence-electron chi connectivity index (χ3n) is 2.52. The number of hydrogen-bond donors (Lipinski definition) is 1. The lowest BCUT2D eigenvalue weighted by Crippen LogP contribution is -2.33. The smallest absolute Gasteiger partial charge is 0.254 e. The molecule has 0 unspecified atom stereocenters. The molecule has 4 heteroatoms. The summed E-state index contributed by atoms with van der Waals surface area (Å²) in [5.74, 6) is 0.110. The number of halogens is 1. The summed E-state index contributed by atoms with van der Waals surface area (Å²) in [4.78, 5) is 14.0. The number of nitrogens with zero attached hydrogens (tertiary/aromatic N) is 1. The summed E-state index contributed by atoms with van der Waals surface area (Å²) < 4.78 is 0. The van der Waals surface area contributed by atoms with Crippen LogP contribution in [0, 0.1) is 0 Å². The number of benzene rings is 1. The van der Waals surface area contributed by atoms with E-state index in [0.717, 1.165) is 24.7 Å². The van der Waals surface area contributed by atoms with Crippen LogP contribution in [0.3, 0.4) is 0 Å². The molecule has 1 aromatic rings. The van der Waals surface area contributed by atoms with Crippen molar-refractivity contribution in [2.75, 3.05) is 18.4 Å². The molecule has 17 heavy (non-hydrogen) atoms. The van der Waals surface area contributed by atoms with E-state index >= 15 is 0 Å². The maximum atomic E-state index is 12.2. The predicted octanol–water partition coefficient (Wildman–Crippen LogP) is 3.03. The van der Waals surface area contributed by atoms with E-state index in [9.17, 15) is 9.90 Å². The largest absolute Gasteiger partial charge is 0.508 e. The number of carbonyl (C=O) groups excluding carboxylic acids is 1. The number of phenolic OH excluding ortho intramolecular Hbond substituents is 1. The Hall–Kier alpha value is -1.03. The summed E-state index contributed by atoms with van der Waals surface area (Å²) in [5.41, 5.74) is 0.544. The number of hydrogen-bond acceptors (Lipinski definition) is 2. The molecule has 0 saturated heterocycles. The second-order valence-corrected chi connectivity index (χ2v) is 4.68. The van der Waals surface area contributed by atoms with Crippen molar-refractivity contribution >= 4 is 21.8 Å². The van der Waals surface area contributed by atoms with Gasteiger partial charge >= 0.3 is 0 Å². The van der Waals surface area contributed by atoms with Gasteiger partial charge in [0.05, 0.1) is 0 Å². The monoisotopic (exact) mass is 299 g/mol. The van der Waals surface area contributed by atoms with Crippen LogP contribution in [-0.4, -0.2) is 34.3 Å². The van der Waals surface area contributed by atoms with Gasteiger partial charge in [0.25, 0.3) is 5.91 Å². The lowest BCUT2D eigenvalue weighted by atomic mass is 10.2. The zero-order valence-corrected chi connectivity index (χ0v) is 11.6. The Morgan fingerprint density at radius 3 is 2.76 bits per heavy atom. The molecule has 0 radical (unpaired) electrons. The number of amides is 1. The summed E-state index contributed by atoms with van der Waals surface area (Å²) in [7, 11) is 0. The summed E-state index contributed by atoms with van der Waals surface area (Å²) >= 11 is 3.35. The maximum absolute atomic E-state index is 12.2. The molecule has 0 heterocycles. The number of carbonyl (C=O) groups is 1. The van der Waals surface area contributed by atoms with Crippen molar-refractivity contribution in [3.8, 4) is 5.75 Å². The summed E-state index contributed by atoms with van der Waals surface area (Å²) in [6, 6.07) is 6.50. The maximum Gasteiger partial charge on any atom is 0.254 e. The molecule has 94 valence electrons. The molecule has 1 aromatic carbocycles. The van der Waals surface area contributed by atoms with Crippen LogP contribution in [0.2, 0.25) is 0 Å². The first-order chi connectivity index (χ1) is 8.19. The fourth-order valence-electron chi connectivity index (χ4n) is 1.59. The number of rotatable bonds is 6. The number of phenols is 1. The Morgan fingerprint density at radius 1 is 1.41 bits per heavy atom. The van der Waals surface area contributed by atoms with E-state index < -0.39 is 0 Å². The van der Waals surface area contributed by atoms with Gasteiger partial charge in [-0.05, 0) is 24.6 Å². The van der Waals surface area contributed by atoms with Crippen molar-refractivity contribution in [2.24, 2.45) is 0 Å². The highest BCUT2D eigenvalue weighted by atomic mass is 79.9. The lowest BCUT2D eigenvalue weighted by Gasteiger charge is -2.21. The zero-order valence-electron chi connectivity index (χ0n) is 10.0. The normalized spacial score (nSPS) is 10.2. The highest BCUT2D eigenvalue weighted by molar-refractivity contribution is 9.09. The van der Waals surface area contributed by atoms with Gasteiger partial charge in [0.1, 0.15) is 5.75 Å². The zero-order chi connectivity index (χ0) is 12.7. The fourth-order valence-corrected chi connectivity index (χ4v) is 2.02. The Balaban J connectivity index is 2.76. The van der Waals surface area contributed by atoms with Crippen molar-refractivity contribution in [3.63, 3.8) is 0 Å². The highest BCUT2D eigenvalue weighted by Crippen LogP contribution is 2.13. The first-order valence-corrected chi connectivity index (χ1v) is 6.95. The van der Waals surface area contributed by atoms with E-state index in [2.05, 4.69) is 22.9 Å². The van der Waals surface area contributed by atoms with Gasteiger partial charge in [-0.3, -0.25) is 4.79 Å². The lowest BCUT2D eigenvalue weighted by molar-refractivity contribution is 0.0764. The van der Waals surface area contributed by atoms with Crippen LogP contribution < -0.4 is 0 Å². The van der Waals surface area contributed by atoms with E-state index in [1.54, 1.807) is 18.2 Å². The molecule has 1 rings (SSSR count). The summed E-state index contributed by atoms with van der Waals surface area (Å²) in [5, 5.41) is 10.1. The molecule has 0 atom stereocenters. The van der Waals surface area contributed by atoms with Crippen LogP contribution in [-0.2, 0) is 0 Å². The third kappa shape index (κ3) is 4.38. The van der Waals surface area contributed by atoms with E-state index in [-0.39, 0.29) is 11.7 Å². The van der Waals surface area contributed by atoms with Crippen molar-refractivity contribution in [2.45, 2.75) is 19.8 Å². The van der Waals surface area contributed by atoms with Gasteiger partial charge in [-0.15, -0.1) is 0 Å². The van der Waals surface area contributed by atoms with Crippen molar-refractivity contribution in [1.29, 1.82) is 0 Å². The molecule has 0 aliphatic heterocycles. The number of unbranched alkanes of at least 4 members (excludes halogenated alkanes) is 1. The minimum Gasteiger partial charge on any atom is -0.508 e. The van der Waals surface area contributed by atoms with Crippen LogP contribution >= 0.6 is 15.9 Å². The average Bonchev–Trinajstić information content (AvgIpc) is 2.33. The number of aromatic hydroxyl groups is 1. The van der Waals surface area contributed by atoms with Crippen LogP contribution in [0.25, 0.3) is 0 Å². The van der Waals surface area contributed by atoms with Gasteiger partial charge in [0, 0.05) is 24.0 Å². The molecule has 0 fully saturated rings. The molecule has 0 saturated carbocycles. The molecular formula is C13H18BrNO2. The van der Waals surface area contributed by atoms with Crippen molar-refractivity contribution in [1.82, 2.24) is 4.90 Å². The summed E-state index contributed by atoms with van der Waals surface area (Å²) in [6.07, 6.45) is 2.06. The van der Waals surface area contributed by atoms with Crippen molar-refractivity contribution in [3.05, 3.63) is 29.8 Å². The van der Waals surface area contributed by atoms with Crippen LogP contribution in [0.15, 0.2) is 24.3 Å². The minimum absolute atomic E-state index is 0.0196. The Kier molecular flexibility index (Phi) is 6.05. The second-order valence-electron chi connectivity index (χ2n) is 3.89. The van der Waals surface area contributed by atoms with Crippen LogP contribution in [0.5, 0.6) is 5.75 Å². The van der Waals surface area contributed by atoms with E-state index in [1.165, 1.54) is 6.07 Å². The highest BCUT2D eigenvalue weighted by Gasteiger charge is 2.14. The average molecular weight is 300 g/mol. The second kappa shape index (κ2) is 7.33. The molecule has 0 aliphatic carbocycles. The molecule has 1 N–H and O–H groups in total. The first-order valence-electron chi connectivity index (χ1n) is 5.83. The Morgan fingerprint density at radius 2 is 2.18 bits per heavy atom. The fraction of sp³-hybridized carbons (Fsp3) is 0.462. The minimum atomic E-state index is -0.0196. The number of alkyl halides is 1. The van der Waals surface area contributed by atoms with E-state index in [4.69, 9.17) is 0 Å². The Labute approximate surface area is 111 Å². The van der Waals surface area contributed by atoms with Gasteiger partial charge < -0.3 is 10.0 Å². The van der Waals surface area contributed by atoms with Gasteiger partial charge in [-0.25, -0.2) is 0 Å². The SMILES string of the molecule is CCCCN(CCBr)C(=O)c1cccc(O)c1. The standard InChI is InChI=1S/C13H18BrNO2/c1-2-3-8-15(9-7-14)13(17)11-5-4-6-12(16)10-11/h4-6,10,16H,2-3,7-9H2,1H3. The molecule has 0 bridgehead atoms. The molecule has 1 amide bonds. The predicted molar refractivity (Wildman–Crippen MR) is 72.7 cm³/mol. The third-order valence-corrected chi connectivity index (χ3v) is 2.87. The van der Waals surface area contributed by atoms with E-state index in [1.807, 2.05) is 4.90 Å². The van der Waals surface area contributed by atoms with Crippen molar-refractivity contribution < 1.29 is 9.90 Å². The molecule has 0 aromatic heterocycles. The van der Waals surface area contributed by atoms with Gasteiger partial charge in [-0.1, -0.05) is 35.3 Å². The van der Waals surface area contributed by atoms with Crippen LogP contribution in [0.4, 0.5) is 0 Å².